The molecule has 0 unspecified atom stereocenters. The summed E-state index contributed by atoms with van der Waals surface area (Å²) in [5, 5.41) is 45.8. The lowest BCUT2D eigenvalue weighted by atomic mass is 9.95. The van der Waals surface area contributed by atoms with E-state index in [1.165, 1.54) is 12.1 Å². The maximum Gasteiger partial charge on any atom is 0.326 e. The molecule has 0 saturated carbocycles. The van der Waals surface area contributed by atoms with E-state index >= 15 is 14.4 Å². The van der Waals surface area contributed by atoms with Crippen LogP contribution in [-0.4, -0.2) is 154 Å². The van der Waals surface area contributed by atoms with Crippen LogP contribution < -0.4 is 70.8 Å². The van der Waals surface area contributed by atoms with Crippen molar-refractivity contribution in [1.82, 2.24) is 52.8 Å². The Morgan fingerprint density at radius 1 is 0.470 bits per heavy atom. The highest BCUT2D eigenvalue weighted by atomic mass is 16.4. The zero-order valence-electron chi connectivity index (χ0n) is 58.7. The molecule has 0 aliphatic rings. The number of carbonyl (C=O) groups excluding carboxylic acids is 9. The van der Waals surface area contributed by atoms with E-state index in [9.17, 15) is 43.8 Å². The van der Waals surface area contributed by atoms with Gasteiger partial charge in [-0.3, -0.25) is 48.1 Å². The molecule has 4 aromatic carbocycles. The van der Waals surface area contributed by atoms with E-state index in [4.69, 9.17) is 22.9 Å². The number of para-hydroxylation sites is 1. The number of carboxylic acids is 1. The lowest BCUT2D eigenvalue weighted by Crippen LogP contribution is -2.62. The molecular weight excluding hydrogens is 1280 g/mol. The maximum absolute atomic E-state index is 15.1. The Hall–Kier alpha value is -9.89. The largest absolute Gasteiger partial charge is 0.508 e. The van der Waals surface area contributed by atoms with Crippen molar-refractivity contribution >= 4 is 76.0 Å². The predicted molar refractivity (Wildman–Crippen MR) is 383 cm³/mol. The number of phenolic OH excluding ortho intramolecular Hbond substituents is 1. The highest BCUT2D eigenvalue weighted by molar-refractivity contribution is 5.99. The number of aromatic hydroxyl groups is 1. The number of carbonyl (C=O) groups is 10. The van der Waals surface area contributed by atoms with Gasteiger partial charge in [0, 0.05) is 42.9 Å². The number of amides is 9. The highest BCUT2D eigenvalue weighted by Gasteiger charge is 2.38. The van der Waals surface area contributed by atoms with E-state index < -0.39 is 137 Å². The zero-order chi connectivity index (χ0) is 73.6. The van der Waals surface area contributed by atoms with Gasteiger partial charge in [0.05, 0.1) is 6.04 Å². The van der Waals surface area contributed by atoms with Crippen LogP contribution in [0.1, 0.15) is 129 Å². The minimum Gasteiger partial charge on any atom is -0.508 e. The molecule has 5 rings (SSSR count). The number of aromatic amines is 1. The number of aromatic nitrogens is 1. The molecule has 0 saturated heterocycles. The monoisotopic (exact) mass is 1380 g/mol. The van der Waals surface area contributed by atoms with Crippen LogP contribution in [0, 0.1) is 23.7 Å². The number of hydrogen-bond donors (Lipinski definition) is 16. The number of fused-ring (bicyclic) bond motifs is 1. The van der Waals surface area contributed by atoms with Crippen molar-refractivity contribution in [3.8, 4) is 5.75 Å². The van der Waals surface area contributed by atoms with Crippen molar-refractivity contribution in [3.05, 3.63) is 138 Å². The summed E-state index contributed by atoms with van der Waals surface area (Å²) in [6, 6.07) is 18.2. The molecule has 1 heterocycles. The fourth-order valence-electron chi connectivity index (χ4n) is 11.4. The molecule has 12 atom stereocenters. The van der Waals surface area contributed by atoms with E-state index in [2.05, 4.69) is 57.8 Å². The standard InChI is InChI=1S/C73H105N15O12/c1-9-44(7)61(71(98)85-58(39-47-24-15-12-16-25-47)69(96)88-62(72(99)100)45(8)10-2)87-68(95)57(38-46-22-13-11-14-23-46)82-65(92)55(29-21-35-78-73(76)77)80-64(91)54(28-19-20-34-74)81-67(94)59(40-49-41-79-53-27-18-17-26-51(49)53)83-66(93)56(36-42(3)4)84-70(97)60(43(5)6)86-63(90)52(75)37-48-30-32-50(89)33-31-48/h11-18,22-27,30-33,41-45,52,54-62,79,89H,9-10,19-21,28-29,34-40,74-75H2,1-8H3,(H,80,91)(H,81,94)(H,82,92)(H,83,93)(H,84,97)(H,85,98)(H,86,90)(H,87,95)(H,88,96)(H,99,100)(H4,76,77,78)/t44-,45-,52-,54-,55-,56-,57-,58-,59-,60-,61-,62-/m0/s1. The van der Waals surface area contributed by atoms with Crippen LogP contribution in [0.2, 0.25) is 0 Å². The Morgan fingerprint density at radius 2 is 0.900 bits per heavy atom. The summed E-state index contributed by atoms with van der Waals surface area (Å²) >= 11 is 0. The molecule has 544 valence electrons. The summed E-state index contributed by atoms with van der Waals surface area (Å²) in [6.45, 7) is 14.4. The number of aliphatic imine (C=N–C) groups is 1. The number of guanidine groups is 1. The van der Waals surface area contributed by atoms with E-state index in [1.807, 2.05) is 38.1 Å². The summed E-state index contributed by atoms with van der Waals surface area (Å²) in [5.41, 5.74) is 26.9. The number of rotatable bonds is 42. The third-order valence-electron chi connectivity index (χ3n) is 17.6. The molecule has 0 spiro atoms. The molecule has 1 aromatic heterocycles. The lowest BCUT2D eigenvalue weighted by Gasteiger charge is -2.30. The van der Waals surface area contributed by atoms with Crippen LogP contribution in [0.25, 0.3) is 10.9 Å². The van der Waals surface area contributed by atoms with Crippen molar-refractivity contribution < 1.29 is 58.2 Å². The minimum atomic E-state index is -1.42. The first-order valence-electron chi connectivity index (χ1n) is 34.5. The minimum absolute atomic E-state index is 0.00176. The topological polar surface area (TPSA) is 452 Å². The van der Waals surface area contributed by atoms with E-state index in [1.54, 1.807) is 121 Å². The van der Waals surface area contributed by atoms with Crippen LogP contribution in [0.5, 0.6) is 5.75 Å². The van der Waals surface area contributed by atoms with Gasteiger partial charge in [-0.1, -0.05) is 159 Å². The normalized spacial score (nSPS) is 14.9. The van der Waals surface area contributed by atoms with Gasteiger partial charge in [-0.05, 0) is 116 Å². The van der Waals surface area contributed by atoms with Gasteiger partial charge in [0.15, 0.2) is 5.96 Å². The highest BCUT2D eigenvalue weighted by Crippen LogP contribution is 2.21. The molecule has 100 heavy (non-hydrogen) atoms. The van der Waals surface area contributed by atoms with Gasteiger partial charge in [-0.2, -0.15) is 0 Å². The molecule has 0 aliphatic heterocycles. The first kappa shape index (κ1) is 80.8. The van der Waals surface area contributed by atoms with Gasteiger partial charge in [-0.25, -0.2) is 4.79 Å². The Bertz CT molecular complexity index is 3510. The summed E-state index contributed by atoms with van der Waals surface area (Å²) < 4.78 is 0. The molecule has 20 N–H and O–H groups in total. The van der Waals surface area contributed by atoms with Gasteiger partial charge in [0.25, 0.3) is 0 Å². The molecule has 27 nitrogen and oxygen atoms in total. The molecule has 9 amide bonds. The van der Waals surface area contributed by atoms with Gasteiger partial charge in [0.2, 0.25) is 53.2 Å². The summed E-state index contributed by atoms with van der Waals surface area (Å²) in [6.07, 6.45) is 3.22. The summed E-state index contributed by atoms with van der Waals surface area (Å²) in [4.78, 5) is 151. The SMILES string of the molecule is CC[C@H](C)[C@H](NC(=O)[C@H](Cc1ccccc1)NC(=O)[C@@H](NC(=O)[C@H](Cc1ccccc1)NC(=O)[C@H](CCCN=C(N)N)NC(=O)[C@H](CCCCN)NC(=O)[C@H](Cc1c[nH]c2ccccc12)NC(=O)[C@H](CC(C)C)NC(=O)[C@@H](NC(=O)[C@@H](N)Cc1ccc(O)cc1)C(C)C)[C@@H](C)CC)C(=O)O. The van der Waals surface area contributed by atoms with Crippen LogP contribution in [0.4, 0.5) is 0 Å². The Morgan fingerprint density at radius 3 is 1.42 bits per heavy atom. The van der Waals surface area contributed by atoms with Crippen molar-refractivity contribution in [2.75, 3.05) is 13.1 Å². The summed E-state index contributed by atoms with van der Waals surface area (Å²) in [5.74, 6) is -9.90. The van der Waals surface area contributed by atoms with Crippen molar-refractivity contribution in [2.24, 2.45) is 51.6 Å². The molecule has 0 fully saturated rings. The average Bonchev–Trinajstić information content (AvgIpc) is 1.62. The number of nitrogens with one attached hydrogen (secondary N) is 10. The Kier molecular flexibility index (Phi) is 33.0. The second kappa shape index (κ2) is 40.9. The van der Waals surface area contributed by atoms with E-state index in [0.29, 0.717) is 47.9 Å². The van der Waals surface area contributed by atoms with Crippen LogP contribution >= 0.6 is 0 Å². The first-order valence-corrected chi connectivity index (χ1v) is 34.5. The third-order valence-corrected chi connectivity index (χ3v) is 17.6. The zero-order valence-corrected chi connectivity index (χ0v) is 58.7. The van der Waals surface area contributed by atoms with Gasteiger partial charge in [-0.15, -0.1) is 0 Å². The number of phenols is 1. The smallest absolute Gasteiger partial charge is 0.326 e. The number of H-pyrrole nitrogens is 1. The van der Waals surface area contributed by atoms with Gasteiger partial charge < -0.3 is 86.0 Å². The van der Waals surface area contributed by atoms with Crippen molar-refractivity contribution in [2.45, 2.75) is 193 Å². The number of aliphatic carboxylic acids is 1. The quantitative estimate of drug-likeness (QED) is 0.0152. The van der Waals surface area contributed by atoms with E-state index in [0.717, 1.165) is 10.9 Å². The number of benzene rings is 4. The molecule has 0 radical (unpaired) electrons. The van der Waals surface area contributed by atoms with Gasteiger partial charge in [0.1, 0.15) is 60.1 Å². The number of nitrogens with two attached hydrogens (primary N) is 4. The Balaban J connectivity index is 1.46. The predicted octanol–water partition coefficient (Wildman–Crippen LogP) is 2.90. The third kappa shape index (κ3) is 26.1. The van der Waals surface area contributed by atoms with Gasteiger partial charge >= 0.3 is 5.97 Å². The lowest BCUT2D eigenvalue weighted by molar-refractivity contribution is -0.144. The van der Waals surface area contributed by atoms with Crippen LogP contribution in [0.3, 0.4) is 0 Å². The second-order valence-electron chi connectivity index (χ2n) is 26.5. The Labute approximate surface area is 585 Å². The first-order chi connectivity index (χ1) is 47.6. The fourth-order valence-corrected chi connectivity index (χ4v) is 11.4. The molecule has 5 aromatic rings. The molecule has 27 heteroatoms. The maximum atomic E-state index is 15.1. The number of hydrogen-bond acceptors (Lipinski definition) is 14. The van der Waals surface area contributed by atoms with Crippen molar-refractivity contribution in [3.63, 3.8) is 0 Å². The molecule has 0 aliphatic carbocycles. The fraction of sp³-hybridized carbons (Fsp3) is 0.493. The second-order valence-corrected chi connectivity index (χ2v) is 26.5. The van der Waals surface area contributed by atoms with Crippen LogP contribution in [0.15, 0.2) is 120 Å². The number of unbranched alkanes of at least 4 members (excludes halogenated alkanes) is 1. The number of nitrogens with zero attached hydrogens (tertiary/aromatic N) is 1. The molecule has 0 bridgehead atoms. The van der Waals surface area contributed by atoms with E-state index in [-0.39, 0.29) is 82.1 Å². The number of carboxylic acid groups (broad SMARTS) is 1. The summed E-state index contributed by atoms with van der Waals surface area (Å²) in [7, 11) is 0. The van der Waals surface area contributed by atoms with Crippen molar-refractivity contribution in [1.29, 1.82) is 0 Å². The van der Waals surface area contributed by atoms with Crippen LogP contribution in [-0.2, 0) is 73.6 Å². The molecular formula is C73H105N15O12. The average molecular weight is 1380 g/mol.